The molecule has 0 heterocycles. The lowest BCUT2D eigenvalue weighted by atomic mass is 10.1. The first-order valence-corrected chi connectivity index (χ1v) is 7.03. The van der Waals surface area contributed by atoms with Crippen molar-refractivity contribution in [1.82, 2.24) is 5.32 Å². The molecule has 0 saturated carbocycles. The van der Waals surface area contributed by atoms with Gasteiger partial charge in [-0.15, -0.1) is 0 Å². The number of carbonyl (C=O) groups excluding carboxylic acids is 1. The van der Waals surface area contributed by atoms with E-state index in [0.29, 0.717) is 17.9 Å². The molecule has 1 N–H and O–H groups in total. The van der Waals surface area contributed by atoms with Crippen LogP contribution in [0, 0.1) is 0 Å². The van der Waals surface area contributed by atoms with E-state index in [1.165, 1.54) is 0 Å². The normalized spacial score (nSPS) is 12.1. The summed E-state index contributed by atoms with van der Waals surface area (Å²) in [5.74, 6) is 0.431. The second kappa shape index (κ2) is 6.43. The van der Waals surface area contributed by atoms with Crippen molar-refractivity contribution in [2.45, 2.75) is 19.1 Å². The molecule has 1 atom stereocenters. The van der Waals surface area contributed by atoms with Crippen LogP contribution in [0.1, 0.15) is 29.3 Å². The van der Waals surface area contributed by atoms with Gasteiger partial charge in [0, 0.05) is 34.9 Å². The maximum atomic E-state index is 11.7. The zero-order chi connectivity index (χ0) is 12.0. The summed E-state index contributed by atoms with van der Waals surface area (Å²) in [7, 11) is -0.875. The predicted octanol–water partition coefficient (Wildman–Crippen LogP) is 1.70. The number of hydrogen-bond acceptors (Lipinski definition) is 2. The average molecular weight is 239 g/mol. The minimum absolute atomic E-state index is 0.0643. The second-order valence-electron chi connectivity index (χ2n) is 3.67. The average Bonchev–Trinajstić information content (AvgIpc) is 2.25. The molecule has 16 heavy (non-hydrogen) atoms. The number of carbonyl (C=O) groups is 1. The monoisotopic (exact) mass is 239 g/mol. The van der Waals surface area contributed by atoms with Crippen LogP contribution in [0.3, 0.4) is 0 Å². The standard InChI is InChI=1S/C12H17NO2S/c1-3-7-13-12(14)11-6-4-5-10(8-11)9-16(2)15/h4-6,8H,3,7,9H2,1-2H3,(H,13,14). The maximum Gasteiger partial charge on any atom is 0.251 e. The van der Waals surface area contributed by atoms with Crippen molar-refractivity contribution in [3.05, 3.63) is 35.4 Å². The summed E-state index contributed by atoms with van der Waals surface area (Å²) >= 11 is 0. The summed E-state index contributed by atoms with van der Waals surface area (Å²) < 4.78 is 11.1. The molecule has 0 radical (unpaired) electrons. The van der Waals surface area contributed by atoms with E-state index in [0.717, 1.165) is 12.0 Å². The number of hydrogen-bond donors (Lipinski definition) is 1. The lowest BCUT2D eigenvalue weighted by Crippen LogP contribution is -2.24. The first kappa shape index (κ1) is 12.9. The number of rotatable bonds is 5. The lowest BCUT2D eigenvalue weighted by Gasteiger charge is -2.05. The van der Waals surface area contributed by atoms with Crippen molar-refractivity contribution < 1.29 is 9.00 Å². The third-order valence-corrected chi connectivity index (χ3v) is 2.83. The Morgan fingerprint density at radius 2 is 2.19 bits per heavy atom. The van der Waals surface area contributed by atoms with Crippen molar-refractivity contribution in [2.75, 3.05) is 12.8 Å². The number of amides is 1. The van der Waals surface area contributed by atoms with E-state index in [2.05, 4.69) is 5.32 Å². The molecule has 3 nitrogen and oxygen atoms in total. The molecule has 0 aliphatic heterocycles. The van der Waals surface area contributed by atoms with Crippen molar-refractivity contribution in [1.29, 1.82) is 0 Å². The zero-order valence-electron chi connectivity index (χ0n) is 9.66. The van der Waals surface area contributed by atoms with Gasteiger partial charge in [-0.2, -0.15) is 0 Å². The Hall–Kier alpha value is -1.16. The van der Waals surface area contributed by atoms with Crippen LogP contribution in [0.15, 0.2) is 24.3 Å². The molecule has 0 aromatic heterocycles. The summed E-state index contributed by atoms with van der Waals surface area (Å²) in [4.78, 5) is 11.7. The van der Waals surface area contributed by atoms with Gasteiger partial charge < -0.3 is 5.32 Å². The number of nitrogens with one attached hydrogen (secondary N) is 1. The van der Waals surface area contributed by atoms with Gasteiger partial charge >= 0.3 is 0 Å². The molecule has 0 spiro atoms. The van der Waals surface area contributed by atoms with Crippen molar-refractivity contribution in [2.24, 2.45) is 0 Å². The van der Waals surface area contributed by atoms with Crippen molar-refractivity contribution >= 4 is 16.7 Å². The highest BCUT2D eigenvalue weighted by molar-refractivity contribution is 7.83. The van der Waals surface area contributed by atoms with Gasteiger partial charge in [0.15, 0.2) is 0 Å². The van der Waals surface area contributed by atoms with Gasteiger partial charge in [0.05, 0.1) is 0 Å². The Labute approximate surface area is 98.7 Å². The third kappa shape index (κ3) is 4.14. The first-order valence-electron chi connectivity index (χ1n) is 5.30. The van der Waals surface area contributed by atoms with Gasteiger partial charge in [-0.3, -0.25) is 9.00 Å². The minimum Gasteiger partial charge on any atom is -0.352 e. The molecular weight excluding hydrogens is 222 g/mol. The summed E-state index contributed by atoms with van der Waals surface area (Å²) in [5.41, 5.74) is 1.57. The largest absolute Gasteiger partial charge is 0.352 e. The molecule has 1 rings (SSSR count). The molecule has 0 aliphatic rings. The molecule has 1 amide bonds. The van der Waals surface area contributed by atoms with Crippen LogP contribution in [0.25, 0.3) is 0 Å². The SMILES string of the molecule is CCCNC(=O)c1cccc(CS(C)=O)c1. The fraction of sp³-hybridized carbons (Fsp3) is 0.417. The summed E-state index contributed by atoms with van der Waals surface area (Å²) in [6, 6.07) is 7.28. The van der Waals surface area contributed by atoms with Crippen LogP contribution >= 0.6 is 0 Å². The Balaban J connectivity index is 2.73. The van der Waals surface area contributed by atoms with Crippen molar-refractivity contribution in [3.63, 3.8) is 0 Å². The van der Waals surface area contributed by atoms with Crippen LogP contribution in [0.5, 0.6) is 0 Å². The van der Waals surface area contributed by atoms with E-state index in [4.69, 9.17) is 0 Å². The molecule has 1 aromatic rings. The molecule has 4 heteroatoms. The van der Waals surface area contributed by atoms with Crippen LogP contribution in [0.4, 0.5) is 0 Å². The van der Waals surface area contributed by atoms with Crippen LogP contribution < -0.4 is 5.32 Å². The van der Waals surface area contributed by atoms with E-state index >= 15 is 0 Å². The lowest BCUT2D eigenvalue weighted by molar-refractivity contribution is 0.0953. The topological polar surface area (TPSA) is 46.2 Å². The highest BCUT2D eigenvalue weighted by Gasteiger charge is 2.05. The molecule has 0 fully saturated rings. The van der Waals surface area contributed by atoms with Crippen LogP contribution in [-0.2, 0) is 16.6 Å². The van der Waals surface area contributed by atoms with Crippen molar-refractivity contribution in [3.8, 4) is 0 Å². The molecule has 88 valence electrons. The summed E-state index contributed by atoms with van der Waals surface area (Å²) in [6.07, 6.45) is 2.58. The molecule has 0 aliphatic carbocycles. The number of benzene rings is 1. The summed E-state index contributed by atoms with van der Waals surface area (Å²) in [6.45, 7) is 2.69. The highest BCUT2D eigenvalue weighted by atomic mass is 32.2. The molecule has 0 saturated heterocycles. The molecular formula is C12H17NO2S. The Bertz CT molecular complexity index is 390. The maximum absolute atomic E-state index is 11.7. The third-order valence-electron chi connectivity index (χ3n) is 2.09. The Morgan fingerprint density at radius 1 is 1.44 bits per heavy atom. The van der Waals surface area contributed by atoms with Gasteiger partial charge in [-0.05, 0) is 24.1 Å². The summed E-state index contributed by atoms with van der Waals surface area (Å²) in [5, 5.41) is 2.81. The zero-order valence-corrected chi connectivity index (χ0v) is 10.5. The Morgan fingerprint density at radius 3 is 2.81 bits per heavy atom. The predicted molar refractivity (Wildman–Crippen MR) is 66.8 cm³/mol. The fourth-order valence-electron chi connectivity index (χ4n) is 1.38. The van der Waals surface area contributed by atoms with Gasteiger partial charge in [0.2, 0.25) is 0 Å². The smallest absolute Gasteiger partial charge is 0.251 e. The van der Waals surface area contributed by atoms with E-state index in [-0.39, 0.29) is 5.91 Å². The second-order valence-corrected chi connectivity index (χ2v) is 5.11. The van der Waals surface area contributed by atoms with Gasteiger partial charge in [-0.25, -0.2) is 0 Å². The van der Waals surface area contributed by atoms with Crippen LogP contribution in [-0.4, -0.2) is 22.9 Å². The minimum atomic E-state index is -0.875. The first-order chi connectivity index (χ1) is 7.63. The van der Waals surface area contributed by atoms with E-state index < -0.39 is 10.8 Å². The van der Waals surface area contributed by atoms with E-state index in [1.807, 2.05) is 19.1 Å². The Kier molecular flexibility index (Phi) is 5.19. The quantitative estimate of drug-likeness (QED) is 0.850. The molecule has 1 aromatic carbocycles. The highest BCUT2D eigenvalue weighted by Crippen LogP contribution is 2.07. The van der Waals surface area contributed by atoms with Gasteiger partial charge in [-0.1, -0.05) is 19.1 Å². The van der Waals surface area contributed by atoms with E-state index in [9.17, 15) is 9.00 Å². The molecule has 0 bridgehead atoms. The fourth-order valence-corrected chi connectivity index (χ4v) is 2.03. The van der Waals surface area contributed by atoms with E-state index in [1.54, 1.807) is 18.4 Å². The molecule has 1 unspecified atom stereocenters. The van der Waals surface area contributed by atoms with Gasteiger partial charge in [0.25, 0.3) is 5.91 Å². The van der Waals surface area contributed by atoms with Gasteiger partial charge in [0.1, 0.15) is 0 Å². The van der Waals surface area contributed by atoms with Crippen LogP contribution in [0.2, 0.25) is 0 Å².